The highest BCUT2D eigenvalue weighted by Gasteiger charge is 2.40. The van der Waals surface area contributed by atoms with Crippen LogP contribution in [0.1, 0.15) is 75.2 Å². The van der Waals surface area contributed by atoms with E-state index in [1.165, 1.54) is 28.3 Å². The molecule has 0 bridgehead atoms. The van der Waals surface area contributed by atoms with Gasteiger partial charge in [-0.05, 0) is 80.8 Å². The Morgan fingerprint density at radius 2 is 1.79 bits per heavy atom. The molecule has 1 N–H and O–H groups in total. The summed E-state index contributed by atoms with van der Waals surface area (Å²) in [5.74, 6) is 0.129. The molecule has 1 aromatic heterocycles. The summed E-state index contributed by atoms with van der Waals surface area (Å²) in [6, 6.07) is 10.5. The molecule has 1 saturated heterocycles. The largest absolute Gasteiger partial charge is 0.491 e. The molecule has 1 aliphatic carbocycles. The lowest BCUT2D eigenvalue weighted by Gasteiger charge is -2.21. The Hall–Kier alpha value is -2.91. The molecule has 1 saturated carbocycles. The van der Waals surface area contributed by atoms with Crippen LogP contribution in [0.3, 0.4) is 0 Å². The zero-order valence-corrected chi connectivity index (χ0v) is 23.4. The fraction of sp³-hybridized carbons (Fsp3) is 0.517. The first-order chi connectivity index (χ1) is 18.1. The average molecular weight is 540 g/mol. The summed E-state index contributed by atoms with van der Waals surface area (Å²) in [6.07, 6.45) is 4.43. The summed E-state index contributed by atoms with van der Waals surface area (Å²) in [5.41, 5.74) is 3.96. The van der Waals surface area contributed by atoms with Crippen LogP contribution >= 0.6 is 0 Å². The highest BCUT2D eigenvalue weighted by Crippen LogP contribution is 2.42. The molecule has 2 heterocycles. The summed E-state index contributed by atoms with van der Waals surface area (Å²) >= 11 is 0. The predicted octanol–water partition coefficient (Wildman–Crippen LogP) is 5.30. The molecule has 2 fully saturated rings. The van der Waals surface area contributed by atoms with Crippen molar-refractivity contribution in [1.82, 2.24) is 14.1 Å². The summed E-state index contributed by atoms with van der Waals surface area (Å²) in [5, 5.41) is 15.3. The monoisotopic (exact) mass is 539 g/mol. The molecule has 5 rings (SSSR count). The van der Waals surface area contributed by atoms with E-state index in [1.54, 1.807) is 24.3 Å². The number of carboxylic acid groups (broad SMARTS) is 1. The van der Waals surface area contributed by atoms with Crippen molar-refractivity contribution in [2.24, 2.45) is 5.92 Å². The first-order valence-electron chi connectivity index (χ1n) is 13.6. The van der Waals surface area contributed by atoms with Crippen LogP contribution in [-0.4, -0.2) is 52.8 Å². The maximum absolute atomic E-state index is 13.6. The van der Waals surface area contributed by atoms with Gasteiger partial charge < -0.3 is 9.84 Å². The van der Waals surface area contributed by atoms with E-state index in [0.717, 1.165) is 23.7 Å². The maximum Gasteiger partial charge on any atom is 0.309 e. The van der Waals surface area contributed by atoms with Crippen LogP contribution in [0.4, 0.5) is 0 Å². The van der Waals surface area contributed by atoms with E-state index in [0.29, 0.717) is 23.9 Å². The summed E-state index contributed by atoms with van der Waals surface area (Å²) in [4.78, 5) is 11.9. The molecule has 3 aromatic rings. The fourth-order valence-corrected chi connectivity index (χ4v) is 7.76. The van der Waals surface area contributed by atoms with Gasteiger partial charge in [-0.1, -0.05) is 31.9 Å². The van der Waals surface area contributed by atoms with Crippen molar-refractivity contribution in [1.29, 1.82) is 0 Å². The molecule has 2 atom stereocenters. The van der Waals surface area contributed by atoms with E-state index in [2.05, 4.69) is 19.9 Å². The smallest absolute Gasteiger partial charge is 0.309 e. The molecule has 1 aliphatic heterocycles. The Bertz CT molecular complexity index is 1440. The number of hydrogen-bond donors (Lipinski definition) is 1. The highest BCUT2D eigenvalue weighted by atomic mass is 32.2. The first-order valence-corrected chi connectivity index (χ1v) is 15.0. The van der Waals surface area contributed by atoms with Gasteiger partial charge in [0.2, 0.25) is 10.0 Å². The lowest BCUT2D eigenvalue weighted by atomic mass is 9.90. The van der Waals surface area contributed by atoms with Crippen LogP contribution in [0.2, 0.25) is 0 Å². The van der Waals surface area contributed by atoms with Crippen LogP contribution in [-0.2, 0) is 21.2 Å². The van der Waals surface area contributed by atoms with E-state index >= 15 is 0 Å². The molecule has 2 aromatic carbocycles. The van der Waals surface area contributed by atoms with E-state index in [4.69, 9.17) is 9.84 Å². The fourth-order valence-electron chi connectivity index (χ4n) is 6.20. The van der Waals surface area contributed by atoms with Crippen molar-refractivity contribution in [2.45, 2.75) is 82.8 Å². The highest BCUT2D eigenvalue weighted by molar-refractivity contribution is 7.89. The van der Waals surface area contributed by atoms with Crippen molar-refractivity contribution in [3.8, 4) is 5.75 Å². The second kappa shape index (κ2) is 10.3. The Kier molecular flexibility index (Phi) is 7.26. The number of aliphatic carboxylic acids is 1. The van der Waals surface area contributed by atoms with Crippen LogP contribution in [0.5, 0.6) is 5.75 Å². The number of hydrogen-bond acceptors (Lipinski definition) is 5. The number of sulfonamides is 1. The third-order valence-electron chi connectivity index (χ3n) is 7.97. The Labute approximate surface area is 224 Å². The first kappa shape index (κ1) is 26.7. The lowest BCUT2D eigenvalue weighted by molar-refractivity contribution is -0.136. The van der Waals surface area contributed by atoms with Gasteiger partial charge in [-0.15, -0.1) is 0 Å². The number of fused-ring (bicyclic) bond motifs is 1. The van der Waals surface area contributed by atoms with Gasteiger partial charge in [-0.25, -0.2) is 8.42 Å². The van der Waals surface area contributed by atoms with E-state index in [-0.39, 0.29) is 35.9 Å². The Morgan fingerprint density at radius 3 is 2.42 bits per heavy atom. The van der Waals surface area contributed by atoms with E-state index in [9.17, 15) is 18.3 Å². The van der Waals surface area contributed by atoms with Gasteiger partial charge in [-0.2, -0.15) is 9.40 Å². The van der Waals surface area contributed by atoms with Crippen molar-refractivity contribution in [3.05, 3.63) is 53.2 Å². The third kappa shape index (κ3) is 4.94. The summed E-state index contributed by atoms with van der Waals surface area (Å²) < 4.78 is 36.4. The number of ether oxygens (including phenoxy) is 1. The minimum atomic E-state index is -3.71. The molecule has 204 valence electrons. The third-order valence-corrected chi connectivity index (χ3v) is 9.82. The number of carbonyl (C=O) groups is 1. The van der Waals surface area contributed by atoms with Crippen molar-refractivity contribution in [3.63, 3.8) is 0 Å². The zero-order valence-electron chi connectivity index (χ0n) is 22.6. The molecular weight excluding hydrogens is 502 g/mol. The van der Waals surface area contributed by atoms with Crippen molar-refractivity contribution >= 4 is 26.9 Å². The lowest BCUT2D eigenvalue weighted by Crippen LogP contribution is -2.29. The molecule has 38 heavy (non-hydrogen) atoms. The zero-order chi connectivity index (χ0) is 27.2. The normalized spacial score (nSPS) is 21.1. The van der Waals surface area contributed by atoms with E-state index in [1.807, 2.05) is 24.6 Å². The van der Waals surface area contributed by atoms with Crippen LogP contribution in [0.15, 0.2) is 41.3 Å². The Balaban J connectivity index is 1.53. The average Bonchev–Trinajstić information content (AvgIpc) is 3.58. The van der Waals surface area contributed by atoms with Gasteiger partial charge in [0, 0.05) is 18.5 Å². The second-order valence-electron chi connectivity index (χ2n) is 11.1. The minimum Gasteiger partial charge on any atom is -0.491 e. The molecule has 0 spiro atoms. The van der Waals surface area contributed by atoms with Crippen molar-refractivity contribution in [2.75, 3.05) is 13.1 Å². The number of benzene rings is 2. The number of nitrogens with zero attached hydrogens (tertiary/aromatic N) is 3. The van der Waals surface area contributed by atoms with E-state index < -0.39 is 16.0 Å². The summed E-state index contributed by atoms with van der Waals surface area (Å²) in [7, 11) is -3.71. The van der Waals surface area contributed by atoms with Gasteiger partial charge in [0.25, 0.3) is 0 Å². The molecule has 2 aliphatic rings. The predicted molar refractivity (Wildman–Crippen MR) is 146 cm³/mol. The van der Waals surface area contributed by atoms with Gasteiger partial charge in [0.15, 0.2) is 0 Å². The standard InChI is InChI=1S/C29H37N3O5S/c1-18(2)37-22-10-12-23(13-11-22)38(35,36)31-16-20(4)26(17-31)32-29-24(25(30-32)15-27(33)34)14-9-19(3)28(29)21-7-5-6-8-21/h9-14,18,20-21,26H,5-8,15-17H2,1-4H3,(H,33,34)/t20-,26-/m0/s1. The quantitative estimate of drug-likeness (QED) is 0.417. The minimum absolute atomic E-state index is 0.00493. The number of aromatic nitrogens is 2. The second-order valence-corrected chi connectivity index (χ2v) is 13.1. The van der Waals surface area contributed by atoms with Crippen LogP contribution < -0.4 is 4.74 Å². The van der Waals surface area contributed by atoms with Gasteiger partial charge in [0.05, 0.1) is 34.7 Å². The van der Waals surface area contributed by atoms with Crippen LogP contribution in [0, 0.1) is 12.8 Å². The number of aryl methyl sites for hydroxylation is 1. The maximum atomic E-state index is 13.6. The number of rotatable bonds is 8. The summed E-state index contributed by atoms with van der Waals surface area (Å²) in [6.45, 7) is 8.68. The molecule has 0 unspecified atom stereocenters. The molecule has 0 amide bonds. The Morgan fingerprint density at radius 1 is 1.11 bits per heavy atom. The van der Waals surface area contributed by atoms with Crippen molar-refractivity contribution < 1.29 is 23.1 Å². The molecule has 8 nitrogen and oxygen atoms in total. The molecule has 0 radical (unpaired) electrons. The van der Waals surface area contributed by atoms with Gasteiger partial charge in [-0.3, -0.25) is 9.48 Å². The SMILES string of the molecule is Cc1ccc2c(CC(=O)O)nn([C@H]3CN(S(=O)(=O)c4ccc(OC(C)C)cc4)C[C@@H]3C)c2c1C1CCCC1. The number of carboxylic acids is 1. The van der Waals surface area contributed by atoms with Gasteiger partial charge >= 0.3 is 5.97 Å². The van der Waals surface area contributed by atoms with Gasteiger partial charge in [0.1, 0.15) is 5.75 Å². The topological polar surface area (TPSA) is 102 Å². The molecule has 9 heteroatoms. The van der Waals surface area contributed by atoms with Crippen LogP contribution in [0.25, 0.3) is 10.9 Å². The molecular formula is C29H37N3O5S.